The van der Waals surface area contributed by atoms with E-state index in [1.54, 1.807) is 42.7 Å². The minimum atomic E-state index is -2.22. The summed E-state index contributed by atoms with van der Waals surface area (Å²) in [5, 5.41) is 0. The van der Waals surface area contributed by atoms with Gasteiger partial charge in [0.05, 0.1) is 0 Å². The molecule has 0 aromatic rings. The minimum absolute atomic E-state index is 0. The molecule has 0 bridgehead atoms. The molecule has 14 heteroatoms. The molecule has 0 amide bonds. The summed E-state index contributed by atoms with van der Waals surface area (Å²) in [6.07, 6.45) is 2.06. The van der Waals surface area contributed by atoms with Crippen LogP contribution in [0.3, 0.4) is 0 Å². The van der Waals surface area contributed by atoms with Gasteiger partial charge >= 0.3 is 17.6 Å². The molecule has 0 radical (unpaired) electrons. The van der Waals surface area contributed by atoms with Crippen LogP contribution in [0.2, 0.25) is 12.1 Å². The van der Waals surface area contributed by atoms with E-state index in [4.69, 9.17) is 26.6 Å². The van der Waals surface area contributed by atoms with Crippen LogP contribution in [0, 0.1) is 0 Å². The molecule has 0 unspecified atom stereocenters. The third kappa shape index (κ3) is 20.6. The molecule has 0 heterocycles. The number of hydrogen-bond acceptors (Lipinski definition) is 7. The summed E-state index contributed by atoms with van der Waals surface area (Å²) in [6, 6.07) is 1.77. The molecule has 0 fully saturated rings. The van der Waals surface area contributed by atoms with Crippen molar-refractivity contribution in [2.45, 2.75) is 38.8 Å². The molecular weight excluding hydrogens is 471 g/mol. The average Bonchev–Trinajstić information content (AvgIpc) is 2.51. The van der Waals surface area contributed by atoms with Crippen LogP contribution in [0.25, 0.3) is 0 Å². The second-order valence-electron chi connectivity index (χ2n) is 4.09. The van der Waals surface area contributed by atoms with Crippen LogP contribution in [0.1, 0.15) is 26.7 Å². The van der Waals surface area contributed by atoms with Crippen molar-refractivity contribution >= 4 is 85.1 Å². The first-order valence-corrected chi connectivity index (χ1v) is 10.7. The van der Waals surface area contributed by atoms with E-state index in [9.17, 15) is 0 Å². The van der Waals surface area contributed by atoms with Crippen LogP contribution < -0.4 is 6.15 Å². The fourth-order valence-electron chi connectivity index (χ4n) is 1.72. The quantitative estimate of drug-likeness (QED) is 0.446. The van der Waals surface area contributed by atoms with Gasteiger partial charge < -0.3 is 32.7 Å². The lowest BCUT2D eigenvalue weighted by atomic mass is 10.6. The summed E-state index contributed by atoms with van der Waals surface area (Å²) in [5.74, 6) is 0. The third-order valence-electron chi connectivity index (χ3n) is 2.98. The summed E-state index contributed by atoms with van der Waals surface area (Å²) in [6.45, 7) is 4.16. The van der Waals surface area contributed by atoms with E-state index in [1.807, 2.05) is 0 Å². The SMILES string of the molecule is CCC[Si](OC)(OC)OC.CCC[Si](OC)(OC)OC.N.S.S.S.S.S. The number of rotatable bonds is 10. The van der Waals surface area contributed by atoms with Crippen LogP contribution in [0.15, 0.2) is 0 Å². The normalized spacial score (nSPS) is 9.23. The monoisotopic (exact) mass is 515 g/mol. The summed E-state index contributed by atoms with van der Waals surface area (Å²) in [4.78, 5) is 0. The second kappa shape index (κ2) is 31.6. The Balaban J connectivity index is -0.0000000337. The van der Waals surface area contributed by atoms with Crippen LogP contribution in [-0.4, -0.2) is 60.3 Å². The van der Waals surface area contributed by atoms with Crippen LogP contribution in [-0.2, 0) is 26.6 Å². The molecule has 0 aromatic heterocycles. The molecule has 172 valence electrons. The van der Waals surface area contributed by atoms with Crippen molar-refractivity contribution in [3.05, 3.63) is 0 Å². The highest BCUT2D eigenvalue weighted by Gasteiger charge is 2.36. The van der Waals surface area contributed by atoms with Gasteiger partial charge in [-0.15, -0.1) is 0 Å². The highest BCUT2D eigenvalue weighted by molar-refractivity contribution is 7.60. The summed E-state index contributed by atoms with van der Waals surface area (Å²) < 4.78 is 31.0. The smallest absolute Gasteiger partial charge is 0.377 e. The molecule has 3 N–H and O–H groups in total. The average molecular weight is 516 g/mol. The second-order valence-corrected chi connectivity index (χ2v) is 10.3. The first-order valence-electron chi connectivity index (χ1n) is 6.80. The molecule has 26 heavy (non-hydrogen) atoms. The van der Waals surface area contributed by atoms with E-state index in [1.165, 1.54) is 0 Å². The Bertz CT molecular complexity index is 196. The molecule has 0 saturated carbocycles. The van der Waals surface area contributed by atoms with Gasteiger partial charge in [-0.3, -0.25) is 0 Å². The van der Waals surface area contributed by atoms with E-state index < -0.39 is 17.6 Å². The van der Waals surface area contributed by atoms with E-state index in [2.05, 4.69) is 13.8 Å². The maximum Gasteiger partial charge on any atom is 0.500 e. The maximum atomic E-state index is 5.17. The van der Waals surface area contributed by atoms with Crippen LogP contribution in [0.5, 0.6) is 0 Å². The van der Waals surface area contributed by atoms with Gasteiger partial charge in [0, 0.05) is 54.7 Å². The Morgan fingerprint density at radius 3 is 0.654 bits per heavy atom. The highest BCUT2D eigenvalue weighted by atomic mass is 32.1. The maximum absolute atomic E-state index is 5.17. The molecule has 0 aromatic carbocycles. The Morgan fingerprint density at radius 1 is 0.462 bits per heavy atom. The van der Waals surface area contributed by atoms with Crippen LogP contribution in [0.4, 0.5) is 0 Å². The zero-order valence-corrected chi connectivity index (χ0v) is 24.5. The van der Waals surface area contributed by atoms with Crippen molar-refractivity contribution in [2.75, 3.05) is 42.7 Å². The summed E-state index contributed by atoms with van der Waals surface area (Å²) in [5.41, 5.74) is 0. The van der Waals surface area contributed by atoms with E-state index in [0.29, 0.717) is 0 Å². The van der Waals surface area contributed by atoms with Crippen molar-refractivity contribution < 1.29 is 26.6 Å². The third-order valence-corrected chi connectivity index (χ3v) is 8.94. The van der Waals surface area contributed by atoms with Gasteiger partial charge in [-0.25, -0.2) is 0 Å². The molecule has 0 rings (SSSR count). The van der Waals surface area contributed by atoms with Gasteiger partial charge in [0.25, 0.3) is 0 Å². The topological polar surface area (TPSA) is 90.4 Å². The molecule has 0 aliphatic rings. The Morgan fingerprint density at radius 2 is 0.615 bits per heavy atom. The van der Waals surface area contributed by atoms with E-state index >= 15 is 0 Å². The molecule has 0 atom stereocenters. The molecule has 7 nitrogen and oxygen atoms in total. The minimum Gasteiger partial charge on any atom is -0.377 e. The first kappa shape index (κ1) is 51.0. The van der Waals surface area contributed by atoms with E-state index in [-0.39, 0.29) is 73.6 Å². The van der Waals surface area contributed by atoms with Crippen LogP contribution >= 0.6 is 67.5 Å². The standard InChI is InChI=1S/2C6H16O3Si.H3N.5H2S/c2*1-5-6-10(7-2,8-3)9-4;;;;;;/h2*5-6H2,1-4H3;1H3;5*1H2. The summed E-state index contributed by atoms with van der Waals surface area (Å²) >= 11 is 0. The van der Waals surface area contributed by atoms with E-state index in [0.717, 1.165) is 24.9 Å². The summed E-state index contributed by atoms with van der Waals surface area (Å²) in [7, 11) is 5.37. The number of hydrogen-bond donors (Lipinski definition) is 1. The van der Waals surface area contributed by atoms with Gasteiger partial charge in [0.15, 0.2) is 0 Å². The lowest BCUT2D eigenvalue weighted by Crippen LogP contribution is -2.42. The van der Waals surface area contributed by atoms with Gasteiger partial charge in [-0.2, -0.15) is 67.5 Å². The predicted octanol–water partition coefficient (Wildman–Crippen LogP) is 3.28. The highest BCUT2D eigenvalue weighted by Crippen LogP contribution is 2.14. The Kier molecular flexibility index (Phi) is 62.0. The largest absolute Gasteiger partial charge is 0.500 e. The van der Waals surface area contributed by atoms with Gasteiger partial charge in [-0.05, 0) is 0 Å². The fourth-order valence-corrected chi connectivity index (χ4v) is 5.17. The zero-order valence-electron chi connectivity index (χ0n) is 17.5. The lowest BCUT2D eigenvalue weighted by Gasteiger charge is -2.23. The molecule has 0 saturated heterocycles. The van der Waals surface area contributed by atoms with Crippen molar-refractivity contribution in [1.82, 2.24) is 6.15 Å². The van der Waals surface area contributed by atoms with Crippen molar-refractivity contribution in [3.8, 4) is 0 Å². The van der Waals surface area contributed by atoms with Gasteiger partial charge in [0.1, 0.15) is 0 Å². The predicted molar refractivity (Wildman–Crippen MR) is 141 cm³/mol. The fraction of sp³-hybridized carbons (Fsp3) is 1.00. The Labute approximate surface area is 198 Å². The first-order chi connectivity index (χ1) is 9.49. The molecule has 0 aliphatic heterocycles. The lowest BCUT2D eigenvalue weighted by molar-refractivity contribution is 0.123. The zero-order chi connectivity index (χ0) is 16.1. The van der Waals surface area contributed by atoms with Crippen molar-refractivity contribution in [3.63, 3.8) is 0 Å². The molecule has 0 spiro atoms. The molecule has 0 aliphatic carbocycles. The van der Waals surface area contributed by atoms with Gasteiger partial charge in [0.2, 0.25) is 0 Å². The Hall–Kier alpha value is 1.90. The van der Waals surface area contributed by atoms with Crippen molar-refractivity contribution in [2.24, 2.45) is 0 Å². The van der Waals surface area contributed by atoms with Crippen molar-refractivity contribution in [1.29, 1.82) is 0 Å². The van der Waals surface area contributed by atoms with Gasteiger partial charge in [-0.1, -0.05) is 26.7 Å². The molecular formula is C12H45NO6S5Si2.